The lowest BCUT2D eigenvalue weighted by Crippen LogP contribution is -2.41. The summed E-state index contributed by atoms with van der Waals surface area (Å²) in [6.07, 6.45) is 5.57. The topological polar surface area (TPSA) is 124 Å². The molecule has 234 valence electrons. The first-order chi connectivity index (χ1) is 20.5. The van der Waals surface area contributed by atoms with E-state index in [4.69, 9.17) is 0 Å². The smallest absolute Gasteiger partial charge is 0.342 e. The Kier molecular flexibility index (Phi) is 12.5. The van der Waals surface area contributed by atoms with Crippen LogP contribution in [-0.4, -0.2) is 76.4 Å². The highest BCUT2D eigenvalue weighted by molar-refractivity contribution is 5.94. The molecular formula is C32H43FN4O6. The summed E-state index contributed by atoms with van der Waals surface area (Å²) in [7, 11) is 0. The Labute approximate surface area is 252 Å². The third kappa shape index (κ3) is 9.49. The van der Waals surface area contributed by atoms with Crippen molar-refractivity contribution in [1.29, 1.82) is 0 Å². The number of rotatable bonds is 15. The van der Waals surface area contributed by atoms with Crippen LogP contribution in [0.1, 0.15) is 86.4 Å². The first-order valence-corrected chi connectivity index (χ1v) is 15.1. The summed E-state index contributed by atoms with van der Waals surface area (Å²) in [6.45, 7) is 9.19. The zero-order chi connectivity index (χ0) is 31.5. The second-order valence-corrected chi connectivity index (χ2v) is 11.4. The van der Waals surface area contributed by atoms with Gasteiger partial charge in [-0.15, -0.1) is 0 Å². The summed E-state index contributed by atoms with van der Waals surface area (Å²) in [6, 6.07) is 9.87. The van der Waals surface area contributed by atoms with Crippen molar-refractivity contribution >= 4 is 29.2 Å². The minimum absolute atomic E-state index is 0.0279. The molecule has 1 heterocycles. The number of hydrogen-bond donors (Lipinski definition) is 1. The van der Waals surface area contributed by atoms with Gasteiger partial charge in [-0.2, -0.15) is 0 Å². The number of carbonyl (C=O) groups is 3. The molecule has 11 heteroatoms. The zero-order valence-electron chi connectivity index (χ0n) is 25.3. The predicted molar refractivity (Wildman–Crippen MR) is 163 cm³/mol. The van der Waals surface area contributed by atoms with Crippen LogP contribution in [0.15, 0.2) is 42.5 Å². The van der Waals surface area contributed by atoms with Gasteiger partial charge in [0, 0.05) is 62.5 Å². The zero-order valence-corrected chi connectivity index (χ0v) is 25.3. The summed E-state index contributed by atoms with van der Waals surface area (Å²) >= 11 is 0. The van der Waals surface area contributed by atoms with Crippen LogP contribution in [0.25, 0.3) is 0 Å². The Balaban J connectivity index is 1.39. The first kappa shape index (κ1) is 33.5. The second kappa shape index (κ2) is 16.0. The van der Waals surface area contributed by atoms with E-state index in [1.807, 2.05) is 30.6 Å². The average molecular weight is 599 g/mol. The molecular weight excluding hydrogens is 555 g/mol. The number of carboxylic acids is 1. The molecule has 2 aromatic carbocycles. The summed E-state index contributed by atoms with van der Waals surface area (Å²) in [4.78, 5) is 53.5. The molecule has 1 fully saturated rings. The number of amides is 2. The first-order valence-electron chi connectivity index (χ1n) is 15.1. The van der Waals surface area contributed by atoms with Gasteiger partial charge in [0.05, 0.1) is 4.92 Å². The van der Waals surface area contributed by atoms with Crippen molar-refractivity contribution in [2.75, 3.05) is 37.6 Å². The summed E-state index contributed by atoms with van der Waals surface area (Å²) < 4.78 is 13.2. The van der Waals surface area contributed by atoms with E-state index in [2.05, 4.69) is 0 Å². The lowest BCUT2D eigenvalue weighted by atomic mass is 9.95. The second-order valence-electron chi connectivity index (χ2n) is 11.4. The van der Waals surface area contributed by atoms with E-state index in [0.29, 0.717) is 56.3 Å². The van der Waals surface area contributed by atoms with Crippen molar-refractivity contribution in [2.45, 2.75) is 71.8 Å². The molecule has 1 aliphatic heterocycles. The highest BCUT2D eigenvalue weighted by Crippen LogP contribution is 2.29. The average Bonchev–Trinajstić information content (AvgIpc) is 2.99. The molecule has 10 nitrogen and oxygen atoms in total. The third-order valence-corrected chi connectivity index (χ3v) is 8.12. The molecule has 0 unspecified atom stereocenters. The van der Waals surface area contributed by atoms with Gasteiger partial charge in [0.1, 0.15) is 11.4 Å². The van der Waals surface area contributed by atoms with Crippen molar-refractivity contribution in [3.63, 3.8) is 0 Å². The number of aromatic carboxylic acids is 1. The maximum absolute atomic E-state index is 13.2. The maximum atomic E-state index is 13.2. The Morgan fingerprint density at radius 2 is 1.70 bits per heavy atom. The fraction of sp³-hybridized carbons (Fsp3) is 0.531. The number of halogens is 1. The Hall–Kier alpha value is -4.02. The molecule has 0 aromatic heterocycles. The van der Waals surface area contributed by atoms with Crippen LogP contribution < -0.4 is 4.90 Å². The van der Waals surface area contributed by atoms with Gasteiger partial charge < -0.3 is 19.8 Å². The van der Waals surface area contributed by atoms with Crippen LogP contribution in [0, 0.1) is 21.8 Å². The molecule has 2 aromatic rings. The van der Waals surface area contributed by atoms with Crippen molar-refractivity contribution in [3.8, 4) is 0 Å². The third-order valence-electron chi connectivity index (χ3n) is 8.12. The normalized spacial score (nSPS) is 13.7. The fourth-order valence-corrected chi connectivity index (χ4v) is 5.56. The summed E-state index contributed by atoms with van der Waals surface area (Å²) in [5.41, 5.74) is 0.375. The number of unbranched alkanes of at least 4 members (excludes halogenated alkanes) is 3. The molecule has 43 heavy (non-hydrogen) atoms. The molecule has 0 atom stereocenters. The van der Waals surface area contributed by atoms with Gasteiger partial charge in [-0.3, -0.25) is 19.7 Å². The standard InChI is InChI=1S/C32H43FN4O6/c1-4-34(22-24-16-19-35(20-17-24)27-14-15-28(32(40)41)29(21-27)37(42)43)30(38)9-7-5-6-8-18-36(23(2)3)31(39)25-10-12-26(33)13-11-25/h10-15,21,23-24H,4-9,16-20,22H2,1-3H3,(H,40,41). The van der Waals surface area contributed by atoms with Gasteiger partial charge in [-0.1, -0.05) is 12.8 Å². The van der Waals surface area contributed by atoms with Crippen LogP contribution in [0.3, 0.4) is 0 Å². The van der Waals surface area contributed by atoms with Gasteiger partial charge in [0.15, 0.2) is 0 Å². The van der Waals surface area contributed by atoms with E-state index < -0.39 is 16.6 Å². The molecule has 0 bridgehead atoms. The number of anilines is 1. The number of nitro groups is 1. The minimum Gasteiger partial charge on any atom is -0.477 e. The number of hydrogen-bond acceptors (Lipinski definition) is 6. The van der Waals surface area contributed by atoms with Crippen molar-refractivity contribution in [2.24, 2.45) is 5.92 Å². The number of carboxylic acid groups (broad SMARTS) is 1. The molecule has 0 aliphatic carbocycles. The van der Waals surface area contributed by atoms with Crippen molar-refractivity contribution in [1.82, 2.24) is 9.80 Å². The van der Waals surface area contributed by atoms with E-state index >= 15 is 0 Å². The number of benzene rings is 2. The summed E-state index contributed by atoms with van der Waals surface area (Å²) in [5, 5.41) is 20.6. The molecule has 2 amide bonds. The van der Waals surface area contributed by atoms with Gasteiger partial charge in [0.25, 0.3) is 11.6 Å². The maximum Gasteiger partial charge on any atom is 0.342 e. The van der Waals surface area contributed by atoms with E-state index in [-0.39, 0.29) is 29.2 Å². The minimum atomic E-state index is -1.32. The van der Waals surface area contributed by atoms with Crippen LogP contribution in [0.5, 0.6) is 0 Å². The van der Waals surface area contributed by atoms with Crippen LogP contribution >= 0.6 is 0 Å². The quantitative estimate of drug-likeness (QED) is 0.152. The van der Waals surface area contributed by atoms with E-state index in [1.165, 1.54) is 36.4 Å². The molecule has 0 saturated carbocycles. The van der Waals surface area contributed by atoms with Gasteiger partial charge >= 0.3 is 5.97 Å². The number of carbonyl (C=O) groups excluding carboxylic acids is 2. The Morgan fingerprint density at radius 3 is 2.28 bits per heavy atom. The van der Waals surface area contributed by atoms with E-state index in [0.717, 1.165) is 38.5 Å². The number of nitrogens with zero attached hydrogens (tertiary/aromatic N) is 4. The molecule has 1 N–H and O–H groups in total. The monoisotopic (exact) mass is 598 g/mol. The van der Waals surface area contributed by atoms with Crippen LogP contribution in [0.2, 0.25) is 0 Å². The van der Waals surface area contributed by atoms with Crippen molar-refractivity contribution in [3.05, 3.63) is 69.5 Å². The lowest BCUT2D eigenvalue weighted by Gasteiger charge is -2.36. The van der Waals surface area contributed by atoms with Crippen LogP contribution in [-0.2, 0) is 4.79 Å². The lowest BCUT2D eigenvalue weighted by molar-refractivity contribution is -0.385. The van der Waals surface area contributed by atoms with Gasteiger partial charge in [-0.05, 0) is 88.8 Å². The Bertz CT molecular complexity index is 1260. The summed E-state index contributed by atoms with van der Waals surface area (Å²) in [5.74, 6) is -1.33. The van der Waals surface area contributed by atoms with Gasteiger partial charge in [-0.25, -0.2) is 9.18 Å². The highest BCUT2D eigenvalue weighted by atomic mass is 19.1. The molecule has 1 aliphatic rings. The molecule has 0 spiro atoms. The van der Waals surface area contributed by atoms with Crippen LogP contribution in [0.4, 0.5) is 15.8 Å². The van der Waals surface area contributed by atoms with E-state index in [1.54, 1.807) is 11.0 Å². The number of piperidine rings is 1. The molecule has 0 radical (unpaired) electrons. The van der Waals surface area contributed by atoms with Gasteiger partial charge in [0.2, 0.25) is 5.91 Å². The molecule has 3 rings (SSSR count). The van der Waals surface area contributed by atoms with E-state index in [9.17, 15) is 34.0 Å². The SMILES string of the molecule is CCN(CC1CCN(c2ccc(C(=O)O)c([N+](=O)[O-])c2)CC1)C(=O)CCCCCCN(C(=O)c1ccc(F)cc1)C(C)C. The fourth-order valence-electron chi connectivity index (χ4n) is 5.56. The Morgan fingerprint density at radius 1 is 1.05 bits per heavy atom. The molecule has 1 saturated heterocycles. The predicted octanol–water partition coefficient (Wildman–Crippen LogP) is 6.00. The largest absolute Gasteiger partial charge is 0.477 e. The van der Waals surface area contributed by atoms with Crippen molar-refractivity contribution < 1.29 is 28.8 Å². The number of nitro benzene ring substituents is 1. The highest BCUT2D eigenvalue weighted by Gasteiger charge is 2.26.